The number of nitrogens with zero attached hydrogens (tertiary/aromatic N) is 4. The van der Waals surface area contributed by atoms with Crippen LogP contribution in [0.3, 0.4) is 0 Å². The van der Waals surface area contributed by atoms with Gasteiger partial charge in [-0.2, -0.15) is 19.9 Å². The summed E-state index contributed by atoms with van der Waals surface area (Å²) >= 11 is 0. The van der Waals surface area contributed by atoms with Crippen molar-refractivity contribution in [2.24, 2.45) is 4.99 Å². The fraction of sp³-hybridized carbons (Fsp3) is 0.333. The fourth-order valence-electron chi connectivity index (χ4n) is 0.614. The highest BCUT2D eigenvalue weighted by atomic mass is 16.5. The van der Waals surface area contributed by atoms with Gasteiger partial charge in [-0.1, -0.05) is 0 Å². The number of nitrogens with two attached hydrogens (primary N) is 2. The summed E-state index contributed by atoms with van der Waals surface area (Å²) < 4.78 is 4.84. The normalized spacial score (nSPS) is 10.5. The molecular weight excluding hydrogens is 172 g/mol. The van der Waals surface area contributed by atoms with Crippen LogP contribution in [0.15, 0.2) is 4.99 Å². The van der Waals surface area contributed by atoms with Crippen LogP contribution in [0.2, 0.25) is 0 Å². The van der Waals surface area contributed by atoms with Crippen molar-refractivity contribution in [2.75, 3.05) is 18.1 Å². The van der Waals surface area contributed by atoms with Crippen molar-refractivity contribution in [3.63, 3.8) is 0 Å². The van der Waals surface area contributed by atoms with Gasteiger partial charge in [0, 0.05) is 0 Å². The maximum absolute atomic E-state index is 5.31. The summed E-state index contributed by atoms with van der Waals surface area (Å²) in [5, 5.41) is 0. The summed E-state index contributed by atoms with van der Waals surface area (Å²) in [4.78, 5) is 14.7. The van der Waals surface area contributed by atoms with Crippen LogP contribution in [0.5, 0.6) is 0 Å². The maximum Gasteiger partial charge on any atom is 0.258 e. The van der Waals surface area contributed by atoms with Crippen molar-refractivity contribution in [3.8, 4) is 0 Å². The van der Waals surface area contributed by atoms with E-state index >= 15 is 0 Å². The lowest BCUT2D eigenvalue weighted by molar-refractivity contribution is 0.343. The minimum Gasteiger partial charge on any atom is -0.483 e. The third kappa shape index (κ3) is 2.89. The molecule has 0 saturated carbocycles. The minimum absolute atomic E-state index is 0.0381. The smallest absolute Gasteiger partial charge is 0.258 e. The van der Waals surface area contributed by atoms with Crippen molar-refractivity contribution in [1.82, 2.24) is 15.0 Å². The van der Waals surface area contributed by atoms with Crippen LogP contribution in [0.1, 0.15) is 6.92 Å². The van der Waals surface area contributed by atoms with E-state index in [0.717, 1.165) is 0 Å². The van der Waals surface area contributed by atoms with Gasteiger partial charge in [0.1, 0.15) is 0 Å². The number of anilines is 2. The SMILES string of the molecule is CCO/C=N\c1nc(N)nc(N)n1. The Morgan fingerprint density at radius 1 is 1.31 bits per heavy atom. The molecule has 0 atom stereocenters. The highest BCUT2D eigenvalue weighted by Crippen LogP contribution is 2.05. The van der Waals surface area contributed by atoms with Crippen LogP contribution < -0.4 is 11.5 Å². The summed E-state index contributed by atoms with van der Waals surface area (Å²) in [5.74, 6) is 0.214. The molecule has 0 spiro atoms. The summed E-state index contributed by atoms with van der Waals surface area (Å²) in [6.45, 7) is 2.36. The lowest BCUT2D eigenvalue weighted by Gasteiger charge is -1.96. The molecule has 1 aromatic heterocycles. The minimum atomic E-state index is 0.0381. The molecule has 0 aromatic carbocycles. The average Bonchev–Trinajstić information content (AvgIpc) is 2.03. The Hall–Kier alpha value is -1.92. The van der Waals surface area contributed by atoms with Crippen LogP contribution in [0.25, 0.3) is 0 Å². The molecule has 0 aliphatic rings. The molecule has 0 aliphatic carbocycles. The predicted octanol–water partition coefficient (Wildman–Crippen LogP) is -0.268. The molecule has 0 saturated heterocycles. The molecule has 0 fully saturated rings. The third-order valence-corrected chi connectivity index (χ3v) is 1.07. The van der Waals surface area contributed by atoms with E-state index in [1.165, 1.54) is 6.40 Å². The number of hydrogen-bond acceptors (Lipinski definition) is 7. The number of rotatable bonds is 3. The van der Waals surface area contributed by atoms with Crippen molar-refractivity contribution < 1.29 is 4.74 Å². The second kappa shape index (κ2) is 4.19. The maximum atomic E-state index is 5.31. The first-order valence-corrected chi connectivity index (χ1v) is 3.63. The summed E-state index contributed by atoms with van der Waals surface area (Å²) in [6, 6.07) is 0. The van der Waals surface area contributed by atoms with E-state index in [1.54, 1.807) is 0 Å². The van der Waals surface area contributed by atoms with Crippen molar-refractivity contribution in [2.45, 2.75) is 6.92 Å². The molecule has 0 radical (unpaired) electrons. The lowest BCUT2D eigenvalue weighted by Crippen LogP contribution is -2.01. The van der Waals surface area contributed by atoms with Gasteiger partial charge in [-0.15, -0.1) is 0 Å². The molecule has 0 aliphatic heterocycles. The van der Waals surface area contributed by atoms with Gasteiger partial charge in [-0.25, -0.2) is 0 Å². The Kier molecular flexibility index (Phi) is 2.96. The van der Waals surface area contributed by atoms with E-state index in [2.05, 4.69) is 19.9 Å². The largest absolute Gasteiger partial charge is 0.483 e. The van der Waals surface area contributed by atoms with E-state index in [1.807, 2.05) is 6.92 Å². The number of hydrogen-bond donors (Lipinski definition) is 2. The molecule has 0 bridgehead atoms. The summed E-state index contributed by atoms with van der Waals surface area (Å²) in [5.41, 5.74) is 10.6. The molecule has 0 amide bonds. The van der Waals surface area contributed by atoms with Crippen LogP contribution in [-0.2, 0) is 4.74 Å². The van der Waals surface area contributed by atoms with Gasteiger partial charge in [0.05, 0.1) is 6.61 Å². The van der Waals surface area contributed by atoms with Crippen LogP contribution >= 0.6 is 0 Å². The second-order valence-electron chi connectivity index (χ2n) is 2.04. The Balaban J connectivity index is 2.77. The fourth-order valence-corrected chi connectivity index (χ4v) is 0.614. The number of ether oxygens (including phenoxy) is 1. The Morgan fingerprint density at radius 3 is 2.46 bits per heavy atom. The van der Waals surface area contributed by atoms with Crippen LogP contribution in [0.4, 0.5) is 17.8 Å². The molecule has 1 heterocycles. The zero-order valence-electron chi connectivity index (χ0n) is 7.14. The van der Waals surface area contributed by atoms with Gasteiger partial charge < -0.3 is 16.2 Å². The molecule has 0 unspecified atom stereocenters. The highest BCUT2D eigenvalue weighted by molar-refractivity contribution is 5.52. The Labute approximate surface area is 74.9 Å². The summed E-state index contributed by atoms with van der Waals surface area (Å²) in [6.07, 6.45) is 1.23. The molecule has 4 N–H and O–H groups in total. The zero-order chi connectivity index (χ0) is 9.68. The second-order valence-corrected chi connectivity index (χ2v) is 2.04. The van der Waals surface area contributed by atoms with Crippen LogP contribution in [0, 0.1) is 0 Å². The molecule has 7 nitrogen and oxygen atoms in total. The van der Waals surface area contributed by atoms with E-state index in [9.17, 15) is 0 Å². The molecule has 1 aromatic rings. The molecule has 70 valence electrons. The van der Waals surface area contributed by atoms with E-state index < -0.39 is 0 Å². The average molecular weight is 182 g/mol. The van der Waals surface area contributed by atoms with Gasteiger partial charge >= 0.3 is 0 Å². The Bertz CT molecular complexity index is 292. The van der Waals surface area contributed by atoms with Crippen molar-refractivity contribution in [1.29, 1.82) is 0 Å². The van der Waals surface area contributed by atoms with E-state index in [4.69, 9.17) is 16.2 Å². The monoisotopic (exact) mass is 182 g/mol. The Morgan fingerprint density at radius 2 is 1.92 bits per heavy atom. The molecule has 7 heteroatoms. The third-order valence-electron chi connectivity index (χ3n) is 1.07. The van der Waals surface area contributed by atoms with E-state index in [-0.39, 0.29) is 17.8 Å². The quantitative estimate of drug-likeness (QED) is 0.491. The first-order chi connectivity index (χ1) is 6.22. The van der Waals surface area contributed by atoms with Crippen LogP contribution in [-0.4, -0.2) is 28.0 Å². The number of aliphatic imine (C=N–C) groups is 1. The molecular formula is C6H10N6O. The number of nitrogen functional groups attached to an aromatic ring is 2. The zero-order valence-corrected chi connectivity index (χ0v) is 7.14. The standard InChI is InChI=1S/C6H10N6O/c1-2-13-3-9-6-11-4(7)10-5(8)12-6/h3H,2H2,1H3,(H4,7,8,10,11,12)/b9-3-. The number of aromatic nitrogens is 3. The van der Waals surface area contributed by atoms with Gasteiger partial charge in [0.15, 0.2) is 6.40 Å². The predicted molar refractivity (Wildman–Crippen MR) is 48.4 cm³/mol. The summed E-state index contributed by atoms with van der Waals surface area (Å²) in [7, 11) is 0. The van der Waals surface area contributed by atoms with Gasteiger partial charge in [-0.3, -0.25) is 0 Å². The van der Waals surface area contributed by atoms with E-state index in [0.29, 0.717) is 6.61 Å². The molecule has 13 heavy (non-hydrogen) atoms. The highest BCUT2D eigenvalue weighted by Gasteiger charge is 1.97. The van der Waals surface area contributed by atoms with Gasteiger partial charge in [-0.05, 0) is 6.92 Å². The van der Waals surface area contributed by atoms with Crippen molar-refractivity contribution in [3.05, 3.63) is 0 Å². The topological polar surface area (TPSA) is 112 Å². The first-order valence-electron chi connectivity index (χ1n) is 3.63. The first kappa shape index (κ1) is 9.17. The molecule has 1 rings (SSSR count). The van der Waals surface area contributed by atoms with Crippen molar-refractivity contribution >= 4 is 24.2 Å². The van der Waals surface area contributed by atoms with Gasteiger partial charge in [0.2, 0.25) is 11.9 Å². The van der Waals surface area contributed by atoms with Gasteiger partial charge in [0.25, 0.3) is 5.95 Å². The lowest BCUT2D eigenvalue weighted by atomic mass is 10.8.